The van der Waals surface area contributed by atoms with Gasteiger partial charge in [-0.2, -0.15) is 0 Å². The van der Waals surface area contributed by atoms with Crippen LogP contribution in [0.3, 0.4) is 0 Å². The van der Waals surface area contributed by atoms with E-state index in [4.69, 9.17) is 0 Å². The zero-order chi connectivity index (χ0) is 17.3. The van der Waals surface area contributed by atoms with Gasteiger partial charge in [0, 0.05) is 49.4 Å². The molecule has 1 saturated carbocycles. The SMILES string of the molecule is Cc1cn(C2CC2)c2c(F)c(N3CCN4CCC3(C)C4)ccc2c1=O. The minimum atomic E-state index is -0.219. The van der Waals surface area contributed by atoms with E-state index in [1.807, 2.05) is 29.8 Å². The Labute approximate surface area is 146 Å². The molecule has 2 aliphatic heterocycles. The average Bonchev–Trinajstić information content (AvgIpc) is 3.38. The molecule has 4 nitrogen and oxygen atoms in total. The van der Waals surface area contributed by atoms with Crippen molar-refractivity contribution in [3.8, 4) is 0 Å². The third-order valence-corrected chi connectivity index (χ3v) is 6.34. The van der Waals surface area contributed by atoms with Gasteiger partial charge in [0.05, 0.1) is 16.7 Å². The van der Waals surface area contributed by atoms with Gasteiger partial charge in [-0.1, -0.05) is 0 Å². The maximum atomic E-state index is 15.7. The molecule has 132 valence electrons. The van der Waals surface area contributed by atoms with E-state index in [0.29, 0.717) is 28.2 Å². The van der Waals surface area contributed by atoms with Crippen LogP contribution in [0.25, 0.3) is 10.9 Å². The molecule has 3 fully saturated rings. The summed E-state index contributed by atoms with van der Waals surface area (Å²) >= 11 is 0. The number of hydrogen-bond donors (Lipinski definition) is 0. The van der Waals surface area contributed by atoms with Crippen molar-refractivity contribution in [1.29, 1.82) is 0 Å². The Morgan fingerprint density at radius 3 is 2.76 bits per heavy atom. The summed E-state index contributed by atoms with van der Waals surface area (Å²) in [6.07, 6.45) is 5.05. The molecule has 2 unspecified atom stereocenters. The van der Waals surface area contributed by atoms with Crippen molar-refractivity contribution in [3.05, 3.63) is 39.9 Å². The Hall–Kier alpha value is -1.88. The van der Waals surface area contributed by atoms with Crippen molar-refractivity contribution in [2.45, 2.75) is 44.7 Å². The van der Waals surface area contributed by atoms with Crippen LogP contribution in [-0.4, -0.2) is 41.2 Å². The molecule has 5 heteroatoms. The monoisotopic (exact) mass is 341 g/mol. The van der Waals surface area contributed by atoms with Gasteiger partial charge in [-0.3, -0.25) is 9.69 Å². The standard InChI is InChI=1S/C20H24FN3O/c1-13-11-23(14-3-4-14)18-15(19(13)25)5-6-16(17(18)21)24-10-9-22-8-7-20(24,2)12-22/h5-6,11,14H,3-4,7-10,12H2,1-2H3. The number of pyridine rings is 1. The molecular formula is C20H24FN3O. The number of rotatable bonds is 2. The van der Waals surface area contributed by atoms with Gasteiger partial charge in [-0.15, -0.1) is 0 Å². The van der Waals surface area contributed by atoms with Gasteiger partial charge in [0.2, 0.25) is 0 Å². The predicted molar refractivity (Wildman–Crippen MR) is 98.0 cm³/mol. The number of benzene rings is 1. The Bertz CT molecular complexity index is 933. The van der Waals surface area contributed by atoms with Crippen LogP contribution in [0.15, 0.2) is 23.1 Å². The van der Waals surface area contributed by atoms with Crippen LogP contribution in [0.1, 0.15) is 37.8 Å². The minimum Gasteiger partial charge on any atom is -0.361 e. The van der Waals surface area contributed by atoms with Gasteiger partial charge in [0.1, 0.15) is 0 Å². The van der Waals surface area contributed by atoms with E-state index in [1.165, 1.54) is 0 Å². The summed E-state index contributed by atoms with van der Waals surface area (Å²) in [6.45, 7) is 7.97. The van der Waals surface area contributed by atoms with Crippen LogP contribution in [-0.2, 0) is 0 Å². The highest BCUT2D eigenvalue weighted by Gasteiger charge is 2.43. The Morgan fingerprint density at radius 2 is 2.00 bits per heavy atom. The first kappa shape index (κ1) is 15.4. The van der Waals surface area contributed by atoms with Gasteiger partial charge in [-0.25, -0.2) is 4.39 Å². The fourth-order valence-corrected chi connectivity index (χ4v) is 4.76. The first-order valence-electron chi connectivity index (χ1n) is 9.32. The lowest BCUT2D eigenvalue weighted by Gasteiger charge is -2.44. The van der Waals surface area contributed by atoms with E-state index < -0.39 is 0 Å². The third kappa shape index (κ3) is 2.18. The summed E-state index contributed by atoms with van der Waals surface area (Å²) in [7, 11) is 0. The highest BCUT2D eigenvalue weighted by Crippen LogP contribution is 2.41. The Morgan fingerprint density at radius 1 is 1.20 bits per heavy atom. The molecule has 2 saturated heterocycles. The largest absolute Gasteiger partial charge is 0.361 e. The smallest absolute Gasteiger partial charge is 0.192 e. The molecular weight excluding hydrogens is 317 g/mol. The molecule has 25 heavy (non-hydrogen) atoms. The number of fused-ring (bicyclic) bond motifs is 3. The predicted octanol–water partition coefficient (Wildman–Crippen LogP) is 3.07. The highest BCUT2D eigenvalue weighted by molar-refractivity contribution is 5.85. The molecule has 0 N–H and O–H groups in total. The second-order valence-electron chi connectivity index (χ2n) is 8.25. The topological polar surface area (TPSA) is 28.5 Å². The fourth-order valence-electron chi connectivity index (χ4n) is 4.76. The van der Waals surface area contributed by atoms with Crippen LogP contribution >= 0.6 is 0 Å². The van der Waals surface area contributed by atoms with E-state index in [1.54, 1.807) is 0 Å². The maximum Gasteiger partial charge on any atom is 0.192 e. The molecule has 0 spiro atoms. The van der Waals surface area contributed by atoms with Crippen LogP contribution in [0, 0.1) is 12.7 Å². The van der Waals surface area contributed by atoms with E-state index in [2.05, 4.69) is 16.7 Å². The lowest BCUT2D eigenvalue weighted by molar-refractivity contribution is 0.270. The molecule has 2 aromatic rings. The Balaban J connectivity index is 1.73. The Kier molecular flexibility index (Phi) is 3.12. The third-order valence-electron chi connectivity index (χ3n) is 6.34. The van der Waals surface area contributed by atoms with Crippen molar-refractivity contribution < 1.29 is 4.39 Å². The molecule has 5 rings (SSSR count). The quantitative estimate of drug-likeness (QED) is 0.840. The lowest BCUT2D eigenvalue weighted by Crippen LogP contribution is -2.55. The normalized spacial score (nSPS) is 28.8. The second-order valence-corrected chi connectivity index (χ2v) is 8.25. The number of aryl methyl sites for hydroxylation is 1. The second kappa shape index (κ2) is 5.07. The number of aromatic nitrogens is 1. The van der Waals surface area contributed by atoms with Crippen molar-refractivity contribution in [2.75, 3.05) is 31.1 Å². The van der Waals surface area contributed by atoms with Crippen LogP contribution < -0.4 is 10.3 Å². The van der Waals surface area contributed by atoms with E-state index in [9.17, 15) is 4.79 Å². The summed E-state index contributed by atoms with van der Waals surface area (Å²) in [6, 6.07) is 4.01. The van der Waals surface area contributed by atoms with Crippen molar-refractivity contribution >= 4 is 16.6 Å². The summed E-state index contributed by atoms with van der Waals surface area (Å²) < 4.78 is 17.7. The van der Waals surface area contributed by atoms with Crippen molar-refractivity contribution in [3.63, 3.8) is 0 Å². The summed E-state index contributed by atoms with van der Waals surface area (Å²) in [5, 5.41) is 0.517. The minimum absolute atomic E-state index is 0.0117. The zero-order valence-electron chi connectivity index (χ0n) is 14.9. The number of anilines is 1. The molecule has 2 atom stereocenters. The number of hydrogen-bond acceptors (Lipinski definition) is 3. The van der Waals surface area contributed by atoms with Gasteiger partial charge in [0.15, 0.2) is 11.2 Å². The molecule has 3 aliphatic rings. The molecule has 0 amide bonds. The van der Waals surface area contributed by atoms with E-state index in [-0.39, 0.29) is 16.8 Å². The van der Waals surface area contributed by atoms with E-state index in [0.717, 1.165) is 45.4 Å². The molecule has 2 bridgehead atoms. The summed E-state index contributed by atoms with van der Waals surface area (Å²) in [5.41, 5.74) is 1.80. The van der Waals surface area contributed by atoms with Crippen molar-refractivity contribution in [1.82, 2.24) is 9.47 Å². The lowest BCUT2D eigenvalue weighted by atomic mass is 9.96. The van der Waals surface area contributed by atoms with Gasteiger partial charge in [0.25, 0.3) is 0 Å². The highest BCUT2D eigenvalue weighted by atomic mass is 19.1. The maximum absolute atomic E-state index is 15.7. The average molecular weight is 341 g/mol. The molecule has 3 heterocycles. The van der Waals surface area contributed by atoms with Crippen molar-refractivity contribution in [2.24, 2.45) is 0 Å². The summed E-state index contributed by atoms with van der Waals surface area (Å²) in [5.74, 6) is -0.219. The van der Waals surface area contributed by atoms with Crippen LogP contribution in [0.5, 0.6) is 0 Å². The molecule has 1 aliphatic carbocycles. The van der Waals surface area contributed by atoms with Gasteiger partial charge < -0.3 is 9.47 Å². The summed E-state index contributed by atoms with van der Waals surface area (Å²) in [4.78, 5) is 17.3. The fraction of sp³-hybridized carbons (Fsp3) is 0.550. The number of halogens is 1. The van der Waals surface area contributed by atoms with Crippen LogP contribution in [0.4, 0.5) is 10.1 Å². The molecule has 1 aromatic heterocycles. The van der Waals surface area contributed by atoms with Crippen LogP contribution in [0.2, 0.25) is 0 Å². The van der Waals surface area contributed by atoms with Gasteiger partial charge >= 0.3 is 0 Å². The molecule has 0 radical (unpaired) electrons. The van der Waals surface area contributed by atoms with Gasteiger partial charge in [-0.05, 0) is 45.2 Å². The zero-order valence-corrected chi connectivity index (χ0v) is 14.9. The first-order chi connectivity index (χ1) is 12.0. The molecule has 1 aromatic carbocycles. The first-order valence-corrected chi connectivity index (χ1v) is 9.32. The number of nitrogens with zero attached hydrogens (tertiary/aromatic N) is 3. The van der Waals surface area contributed by atoms with E-state index >= 15 is 4.39 Å². The number of piperazine rings is 1.